The van der Waals surface area contributed by atoms with E-state index in [2.05, 4.69) is 107 Å². The molecule has 10 rings (SSSR count). The normalized spacial score (nSPS) is 10.6. The molecule has 7 heteroatoms. The minimum Gasteiger partial charge on any atom is -0.508 e. The molecule has 0 aromatic heterocycles. The molecule has 0 radical (unpaired) electrons. The zero-order valence-electron chi connectivity index (χ0n) is 36.5. The molecule has 0 spiro atoms. The molecule has 7 nitrogen and oxygen atoms in total. The van der Waals surface area contributed by atoms with E-state index in [0.29, 0.717) is 0 Å². The summed E-state index contributed by atoms with van der Waals surface area (Å²) >= 11 is 0. The van der Waals surface area contributed by atoms with Crippen molar-refractivity contribution in [1.82, 2.24) is 0 Å². The van der Waals surface area contributed by atoms with Crippen molar-refractivity contribution < 1.29 is 20.4 Å². The van der Waals surface area contributed by atoms with Crippen LogP contribution in [0.3, 0.4) is 0 Å². The fourth-order valence-corrected chi connectivity index (χ4v) is 8.06. The smallest absolute Gasteiger partial charge is 0.117 e. The first kappa shape index (κ1) is 43.1. The Morgan fingerprint density at radius 3 is 0.657 bits per heavy atom. The van der Waals surface area contributed by atoms with Gasteiger partial charge >= 0.3 is 0 Å². The molecular weight excluding hydrogens is 827 g/mol. The van der Waals surface area contributed by atoms with Crippen LogP contribution in [0.2, 0.25) is 0 Å². The quantitative estimate of drug-likeness (QED) is 0.103. The molecule has 10 aromatic rings. The summed E-state index contributed by atoms with van der Waals surface area (Å²) in [5.74, 6) is 0.841. The van der Waals surface area contributed by atoms with Crippen molar-refractivity contribution in [3.63, 3.8) is 0 Å². The van der Waals surface area contributed by atoms with E-state index in [1.54, 1.807) is 60.7 Å². The molecular formula is C60H47N3O4. The Labute approximate surface area is 390 Å². The van der Waals surface area contributed by atoms with Crippen LogP contribution < -0.4 is 14.7 Å². The summed E-state index contributed by atoms with van der Waals surface area (Å²) in [6.07, 6.45) is 0. The van der Waals surface area contributed by atoms with Crippen molar-refractivity contribution in [2.24, 2.45) is 0 Å². The summed E-state index contributed by atoms with van der Waals surface area (Å²) in [5, 5.41) is 40.1. The predicted molar refractivity (Wildman–Crippen MR) is 274 cm³/mol. The third-order valence-electron chi connectivity index (χ3n) is 11.2. The summed E-state index contributed by atoms with van der Waals surface area (Å²) in [5.41, 5.74) is 12.8. The Kier molecular flexibility index (Phi) is 12.9. The van der Waals surface area contributed by atoms with Crippen LogP contribution in [0.4, 0.5) is 51.2 Å². The van der Waals surface area contributed by atoms with Crippen LogP contribution in [0, 0.1) is 0 Å². The first-order valence-electron chi connectivity index (χ1n) is 21.9. The van der Waals surface area contributed by atoms with E-state index in [1.165, 1.54) is 0 Å². The highest BCUT2D eigenvalue weighted by Gasteiger charge is 2.16. The molecule has 0 fully saturated rings. The maximum Gasteiger partial charge on any atom is 0.117 e. The average molecular weight is 874 g/mol. The van der Waals surface area contributed by atoms with Gasteiger partial charge in [0.15, 0.2) is 0 Å². The van der Waals surface area contributed by atoms with Crippen molar-refractivity contribution in [1.29, 1.82) is 0 Å². The highest BCUT2D eigenvalue weighted by atomic mass is 16.3. The molecule has 0 unspecified atom stereocenters. The van der Waals surface area contributed by atoms with E-state index in [0.717, 1.165) is 73.4 Å². The molecule has 67 heavy (non-hydrogen) atoms. The van der Waals surface area contributed by atoms with Gasteiger partial charge in [-0.2, -0.15) is 0 Å². The monoisotopic (exact) mass is 873 g/mol. The van der Waals surface area contributed by atoms with E-state index >= 15 is 0 Å². The van der Waals surface area contributed by atoms with Gasteiger partial charge in [-0.25, -0.2) is 0 Å². The van der Waals surface area contributed by atoms with Crippen molar-refractivity contribution in [3.8, 4) is 45.3 Å². The number of rotatable bonds is 11. The van der Waals surface area contributed by atoms with E-state index in [-0.39, 0.29) is 23.0 Å². The van der Waals surface area contributed by atoms with Crippen LogP contribution in [-0.4, -0.2) is 20.4 Å². The van der Waals surface area contributed by atoms with Gasteiger partial charge in [-0.3, -0.25) is 0 Å². The molecule has 0 saturated heterocycles. The summed E-state index contributed by atoms with van der Waals surface area (Å²) in [7, 11) is 0. The molecule has 0 amide bonds. The summed E-state index contributed by atoms with van der Waals surface area (Å²) in [4.78, 5) is 6.24. The summed E-state index contributed by atoms with van der Waals surface area (Å²) in [6.45, 7) is 0. The van der Waals surface area contributed by atoms with Crippen LogP contribution in [-0.2, 0) is 0 Å². The van der Waals surface area contributed by atoms with Crippen molar-refractivity contribution in [2.45, 2.75) is 0 Å². The standard InChI is InChI=1S/C36H28N2O2.C24H19NO2/c39-35-15-7-13-33(25-35)37(29-9-3-1-4-10-29)31-21-17-27(18-22-31)28-19-23-32(24-20-28)38(30-11-5-2-6-12-30)34-14-8-16-36(40)26-34;26-23-10-4-8-21(16-23)25(22-9-5-11-24(27)17-22)20-14-12-19(13-15-20)18-6-2-1-3-7-18/h1-26,39-40H;1-17,26-27H. The molecule has 4 N–H and O–H groups in total. The predicted octanol–water partition coefficient (Wildman–Crippen LogP) is 15.9. The van der Waals surface area contributed by atoms with E-state index < -0.39 is 0 Å². The molecule has 326 valence electrons. The number of benzene rings is 10. The molecule has 10 aromatic carbocycles. The van der Waals surface area contributed by atoms with Crippen LogP contribution >= 0.6 is 0 Å². The number of aromatic hydroxyl groups is 4. The number of phenols is 4. The Morgan fingerprint density at radius 2 is 0.388 bits per heavy atom. The van der Waals surface area contributed by atoms with Crippen molar-refractivity contribution in [3.05, 3.63) is 261 Å². The largest absolute Gasteiger partial charge is 0.508 e. The molecule has 0 aliphatic carbocycles. The van der Waals surface area contributed by atoms with Gasteiger partial charge in [0.05, 0.1) is 0 Å². The maximum atomic E-state index is 10.1. The van der Waals surface area contributed by atoms with E-state index in [9.17, 15) is 20.4 Å². The third kappa shape index (κ3) is 10.3. The van der Waals surface area contributed by atoms with E-state index in [1.807, 2.05) is 108 Å². The highest BCUT2D eigenvalue weighted by molar-refractivity contribution is 5.82. The topological polar surface area (TPSA) is 90.6 Å². The number of para-hydroxylation sites is 2. The van der Waals surface area contributed by atoms with Gasteiger partial charge < -0.3 is 35.1 Å². The SMILES string of the molecule is Oc1cccc(N(c2ccc(-c3ccccc3)cc2)c2cccc(O)c2)c1.Oc1cccc(N(c2ccccc2)c2ccc(-c3ccc(N(c4ccccc4)c4cccc(O)c4)cc3)cc2)c1. The number of nitrogens with zero attached hydrogens (tertiary/aromatic N) is 3. The fourth-order valence-electron chi connectivity index (χ4n) is 8.06. The number of hydrogen-bond acceptors (Lipinski definition) is 7. The van der Waals surface area contributed by atoms with Crippen LogP contribution in [0.25, 0.3) is 22.3 Å². The molecule has 0 aliphatic rings. The summed E-state index contributed by atoms with van der Waals surface area (Å²) in [6, 6.07) is 84.3. The highest BCUT2D eigenvalue weighted by Crippen LogP contribution is 2.40. The van der Waals surface area contributed by atoms with Crippen LogP contribution in [0.5, 0.6) is 23.0 Å². The zero-order chi connectivity index (χ0) is 46.0. The first-order chi connectivity index (χ1) is 32.9. The molecule has 0 heterocycles. The lowest BCUT2D eigenvalue weighted by Gasteiger charge is -2.26. The Balaban J connectivity index is 0.000000181. The van der Waals surface area contributed by atoms with Crippen molar-refractivity contribution in [2.75, 3.05) is 14.7 Å². The Bertz CT molecular complexity index is 2990. The van der Waals surface area contributed by atoms with Gasteiger partial charge in [0.25, 0.3) is 0 Å². The lowest BCUT2D eigenvalue weighted by Crippen LogP contribution is -2.09. The number of hydrogen-bond donors (Lipinski definition) is 4. The zero-order valence-corrected chi connectivity index (χ0v) is 36.5. The van der Waals surface area contributed by atoms with Gasteiger partial charge in [-0.05, 0) is 131 Å². The fraction of sp³-hybridized carbons (Fsp3) is 0. The second kappa shape index (κ2) is 20.1. The Hall–Kier alpha value is -9.20. The molecule has 0 atom stereocenters. The van der Waals surface area contributed by atoms with Crippen molar-refractivity contribution >= 4 is 51.2 Å². The van der Waals surface area contributed by atoms with Gasteiger partial charge in [0.1, 0.15) is 23.0 Å². The van der Waals surface area contributed by atoms with Gasteiger partial charge in [-0.1, -0.05) is 127 Å². The number of phenolic OH excluding ortho intramolecular Hbond substituents is 4. The Morgan fingerprint density at radius 1 is 0.179 bits per heavy atom. The van der Waals surface area contributed by atoms with Gasteiger partial charge in [0.2, 0.25) is 0 Å². The van der Waals surface area contributed by atoms with Crippen LogP contribution in [0.1, 0.15) is 0 Å². The third-order valence-corrected chi connectivity index (χ3v) is 11.2. The minimum atomic E-state index is 0.193. The summed E-state index contributed by atoms with van der Waals surface area (Å²) < 4.78 is 0. The van der Waals surface area contributed by atoms with Gasteiger partial charge in [-0.15, -0.1) is 0 Å². The molecule has 0 saturated carbocycles. The lowest BCUT2D eigenvalue weighted by molar-refractivity contribution is 0.474. The molecule has 0 bridgehead atoms. The first-order valence-corrected chi connectivity index (χ1v) is 21.9. The van der Waals surface area contributed by atoms with Gasteiger partial charge in [0, 0.05) is 75.5 Å². The maximum absolute atomic E-state index is 10.1. The second-order valence-electron chi connectivity index (χ2n) is 15.8. The minimum absolute atomic E-state index is 0.193. The second-order valence-corrected chi connectivity index (χ2v) is 15.8. The average Bonchev–Trinajstić information content (AvgIpc) is 3.36. The number of anilines is 9. The lowest BCUT2D eigenvalue weighted by atomic mass is 10.0. The molecule has 0 aliphatic heterocycles. The van der Waals surface area contributed by atoms with Crippen LogP contribution in [0.15, 0.2) is 261 Å². The van der Waals surface area contributed by atoms with E-state index in [4.69, 9.17) is 0 Å².